The minimum Gasteiger partial charge on any atom is -0.484 e. The second kappa shape index (κ2) is 8.55. The van der Waals surface area contributed by atoms with Crippen LogP contribution in [-0.4, -0.2) is 34.8 Å². The van der Waals surface area contributed by atoms with E-state index in [-0.39, 0.29) is 12.1 Å². The van der Waals surface area contributed by atoms with Crippen molar-refractivity contribution in [2.45, 2.75) is 56.7 Å². The normalized spacial score (nSPS) is 22.9. The highest BCUT2D eigenvalue weighted by Gasteiger charge is 2.42. The smallest absolute Gasteiger partial charge is 0.207 e. The van der Waals surface area contributed by atoms with Gasteiger partial charge < -0.3 is 9.26 Å². The minimum absolute atomic E-state index is 0.0955. The van der Waals surface area contributed by atoms with Gasteiger partial charge in [0.2, 0.25) is 29.1 Å². The summed E-state index contributed by atoms with van der Waals surface area (Å²) in [6.45, 7) is 0.750. The Labute approximate surface area is 185 Å². The summed E-state index contributed by atoms with van der Waals surface area (Å²) >= 11 is 0. The molecule has 4 nitrogen and oxygen atoms in total. The van der Waals surface area contributed by atoms with Crippen LogP contribution in [0.3, 0.4) is 0 Å². The molecular formula is C23H20F6N2O2. The van der Waals surface area contributed by atoms with Gasteiger partial charge in [-0.05, 0) is 57.2 Å². The predicted molar refractivity (Wildman–Crippen MR) is 106 cm³/mol. The Balaban J connectivity index is 1.21. The number of rotatable bonds is 6. The lowest BCUT2D eigenvalue weighted by Crippen LogP contribution is -2.46. The number of benzene rings is 2. The van der Waals surface area contributed by atoms with Crippen LogP contribution < -0.4 is 4.74 Å². The molecule has 0 amide bonds. The van der Waals surface area contributed by atoms with Crippen molar-refractivity contribution in [1.29, 1.82) is 0 Å². The zero-order chi connectivity index (χ0) is 23.3. The molecule has 0 N–H and O–H groups in total. The number of ether oxygens (including phenoxy) is 1. The Bertz CT molecular complexity index is 1160. The molecule has 0 radical (unpaired) electrons. The van der Waals surface area contributed by atoms with Gasteiger partial charge in [0.1, 0.15) is 11.9 Å². The summed E-state index contributed by atoms with van der Waals surface area (Å²) in [7, 11) is 0. The van der Waals surface area contributed by atoms with E-state index in [9.17, 15) is 26.3 Å². The third kappa shape index (κ3) is 3.94. The van der Waals surface area contributed by atoms with E-state index in [2.05, 4.69) is 10.1 Å². The molecule has 3 atom stereocenters. The van der Waals surface area contributed by atoms with Gasteiger partial charge in [-0.15, -0.1) is 0 Å². The Kier molecular flexibility index (Phi) is 5.72. The molecule has 3 aromatic rings. The van der Waals surface area contributed by atoms with Crippen molar-refractivity contribution in [2.24, 2.45) is 0 Å². The summed E-state index contributed by atoms with van der Waals surface area (Å²) in [5, 5.41) is 4.80. The molecule has 3 heterocycles. The van der Waals surface area contributed by atoms with Crippen molar-refractivity contribution in [3.8, 4) is 5.75 Å². The van der Waals surface area contributed by atoms with Gasteiger partial charge in [0, 0.05) is 23.5 Å². The average molecular weight is 470 g/mol. The largest absolute Gasteiger partial charge is 0.484 e. The van der Waals surface area contributed by atoms with Crippen molar-refractivity contribution in [3.05, 3.63) is 58.8 Å². The van der Waals surface area contributed by atoms with Crippen LogP contribution in [0.4, 0.5) is 26.3 Å². The number of aryl methyl sites for hydroxylation is 1. The van der Waals surface area contributed by atoms with Crippen molar-refractivity contribution in [3.63, 3.8) is 0 Å². The average Bonchev–Trinajstić information content (AvgIpc) is 3.30. The summed E-state index contributed by atoms with van der Waals surface area (Å²) in [4.78, 5) is 2.31. The molecule has 2 fully saturated rings. The highest BCUT2D eigenvalue weighted by molar-refractivity contribution is 5.79. The summed E-state index contributed by atoms with van der Waals surface area (Å²) in [5.41, 5.74) is 1.15. The van der Waals surface area contributed by atoms with Crippen LogP contribution in [0, 0.1) is 34.9 Å². The summed E-state index contributed by atoms with van der Waals surface area (Å²) in [6.07, 6.45) is 3.38. The lowest BCUT2D eigenvalue weighted by atomic mass is 9.99. The Hall–Kier alpha value is -2.75. The molecule has 1 aromatic heterocycles. The maximum Gasteiger partial charge on any atom is 0.207 e. The molecule has 2 saturated heterocycles. The first kappa shape index (κ1) is 22.1. The fourth-order valence-corrected chi connectivity index (χ4v) is 5.11. The number of nitrogens with zero attached hydrogens (tertiary/aromatic N) is 2. The first-order chi connectivity index (χ1) is 15.8. The minimum atomic E-state index is -2.20. The molecule has 5 rings (SSSR count). The van der Waals surface area contributed by atoms with Crippen LogP contribution in [0.15, 0.2) is 22.7 Å². The van der Waals surface area contributed by atoms with Gasteiger partial charge in [-0.2, -0.15) is 8.78 Å². The zero-order valence-corrected chi connectivity index (χ0v) is 17.4. The van der Waals surface area contributed by atoms with E-state index in [4.69, 9.17) is 9.26 Å². The Morgan fingerprint density at radius 1 is 0.909 bits per heavy atom. The molecule has 0 unspecified atom stereocenters. The van der Waals surface area contributed by atoms with Crippen molar-refractivity contribution in [1.82, 2.24) is 10.1 Å². The fourth-order valence-electron chi connectivity index (χ4n) is 5.11. The highest BCUT2D eigenvalue weighted by Crippen LogP contribution is 2.39. The molecule has 0 spiro atoms. The molecule has 0 aliphatic carbocycles. The van der Waals surface area contributed by atoms with E-state index in [1.54, 1.807) is 6.07 Å². The van der Waals surface area contributed by atoms with Crippen molar-refractivity contribution in [2.75, 3.05) is 6.54 Å². The number of hydrogen-bond donors (Lipinski definition) is 0. The molecule has 10 heteroatoms. The molecule has 0 saturated carbocycles. The molecule has 2 aliphatic rings. The number of piperidine rings is 1. The first-order valence-electron chi connectivity index (χ1n) is 10.8. The molecule has 2 aliphatic heterocycles. The predicted octanol–water partition coefficient (Wildman–Crippen LogP) is 5.67. The van der Waals surface area contributed by atoms with Crippen LogP contribution in [0.5, 0.6) is 5.75 Å². The molecule has 176 valence electrons. The summed E-state index contributed by atoms with van der Waals surface area (Å²) < 4.78 is 92.0. The number of aromatic nitrogens is 1. The van der Waals surface area contributed by atoms with E-state index in [0.29, 0.717) is 24.8 Å². The van der Waals surface area contributed by atoms with E-state index in [0.717, 1.165) is 36.9 Å². The maximum atomic E-state index is 14.0. The molecule has 33 heavy (non-hydrogen) atoms. The van der Waals surface area contributed by atoms with Crippen LogP contribution in [0.25, 0.3) is 11.0 Å². The van der Waals surface area contributed by atoms with E-state index in [1.807, 2.05) is 0 Å². The van der Waals surface area contributed by atoms with E-state index < -0.39 is 46.8 Å². The molecular weight excluding hydrogens is 450 g/mol. The van der Waals surface area contributed by atoms with Gasteiger partial charge in [-0.3, -0.25) is 4.90 Å². The van der Waals surface area contributed by atoms with Gasteiger partial charge in [0.25, 0.3) is 0 Å². The van der Waals surface area contributed by atoms with Crippen LogP contribution in [0.2, 0.25) is 0 Å². The third-order valence-corrected chi connectivity index (χ3v) is 6.63. The zero-order valence-electron chi connectivity index (χ0n) is 17.4. The van der Waals surface area contributed by atoms with Crippen molar-refractivity contribution >= 4 is 11.0 Å². The molecule has 2 bridgehead atoms. The quantitative estimate of drug-likeness (QED) is 0.264. The van der Waals surface area contributed by atoms with Crippen molar-refractivity contribution < 1.29 is 35.6 Å². The fraction of sp³-hybridized carbons (Fsp3) is 0.435. The van der Waals surface area contributed by atoms with Gasteiger partial charge in [0.15, 0.2) is 11.3 Å². The second-order valence-electron chi connectivity index (χ2n) is 8.61. The first-order valence-corrected chi connectivity index (χ1v) is 10.8. The van der Waals surface area contributed by atoms with Gasteiger partial charge >= 0.3 is 0 Å². The summed E-state index contributed by atoms with van der Waals surface area (Å²) in [6, 6.07) is 4.49. The number of halogens is 6. The maximum absolute atomic E-state index is 14.0. The van der Waals surface area contributed by atoms with Crippen LogP contribution in [-0.2, 0) is 6.42 Å². The van der Waals surface area contributed by atoms with Crippen LogP contribution in [0.1, 0.15) is 37.8 Å². The van der Waals surface area contributed by atoms with E-state index in [1.165, 1.54) is 12.1 Å². The lowest BCUT2D eigenvalue weighted by Gasteiger charge is -2.39. The second-order valence-corrected chi connectivity index (χ2v) is 8.61. The topological polar surface area (TPSA) is 38.5 Å². The lowest BCUT2D eigenvalue weighted by molar-refractivity contribution is 0.0433. The van der Waals surface area contributed by atoms with Gasteiger partial charge in [0.05, 0.1) is 5.69 Å². The summed E-state index contributed by atoms with van der Waals surface area (Å²) in [5.74, 6) is -11.7. The standard InChI is InChI=1S/C23H20F6N2O2/c24-11-3-6-15-16(30-33-17(15)8-11)2-1-7-31-12-4-5-13(31)10-14(9-12)32-23-21(28)19(26)18(25)20(27)22(23)29/h3,6,8,12-14H,1-2,4-5,7,9-10H2/t12-,13+,14-. The highest BCUT2D eigenvalue weighted by atomic mass is 19.2. The number of hydrogen-bond acceptors (Lipinski definition) is 4. The van der Waals surface area contributed by atoms with Crippen LogP contribution >= 0.6 is 0 Å². The Morgan fingerprint density at radius 3 is 2.21 bits per heavy atom. The molecule has 2 aromatic carbocycles. The third-order valence-electron chi connectivity index (χ3n) is 6.63. The monoisotopic (exact) mass is 470 g/mol. The van der Waals surface area contributed by atoms with Gasteiger partial charge in [-0.1, -0.05) is 5.16 Å². The van der Waals surface area contributed by atoms with E-state index >= 15 is 0 Å². The number of fused-ring (bicyclic) bond motifs is 3. The Morgan fingerprint density at radius 2 is 1.55 bits per heavy atom. The SMILES string of the molecule is Fc1ccc2c(CCCN3[C@@H]4CC[C@H]3C[C@H](Oc3c(F)c(F)c(F)c(F)c3F)C4)noc2c1. The van der Waals surface area contributed by atoms with Gasteiger partial charge in [-0.25, -0.2) is 17.6 Å².